The van der Waals surface area contributed by atoms with Gasteiger partial charge in [-0.1, -0.05) is 30.5 Å². The maximum absolute atomic E-state index is 12.9. The van der Waals surface area contributed by atoms with Crippen LogP contribution in [0.3, 0.4) is 0 Å². The summed E-state index contributed by atoms with van der Waals surface area (Å²) in [6.07, 6.45) is 0. The van der Waals surface area contributed by atoms with Gasteiger partial charge in [0.25, 0.3) is 5.89 Å². The van der Waals surface area contributed by atoms with Crippen LogP contribution in [0.15, 0.2) is 55.7 Å². The summed E-state index contributed by atoms with van der Waals surface area (Å²) in [4.78, 5) is 11.6. The Hall–Kier alpha value is -2.28. The zero-order valence-corrected chi connectivity index (χ0v) is 12.9. The lowest BCUT2D eigenvalue weighted by atomic mass is 9.90. The van der Waals surface area contributed by atoms with Crippen molar-refractivity contribution in [2.75, 3.05) is 0 Å². The van der Waals surface area contributed by atoms with Crippen LogP contribution in [0, 0.1) is 5.82 Å². The average Bonchev–Trinajstić information content (AvgIpc) is 2.92. The van der Waals surface area contributed by atoms with E-state index < -0.39 is 11.2 Å². The van der Waals surface area contributed by atoms with Crippen molar-refractivity contribution < 1.29 is 13.3 Å². The molecule has 116 valence electrons. The van der Waals surface area contributed by atoms with E-state index >= 15 is 0 Å². The van der Waals surface area contributed by atoms with E-state index in [0.717, 1.165) is 5.56 Å². The number of nitrogens with zero attached hydrogens (tertiary/aromatic N) is 1. The van der Waals surface area contributed by atoms with Crippen molar-refractivity contribution in [3.63, 3.8) is 0 Å². The van der Waals surface area contributed by atoms with Crippen molar-refractivity contribution in [3.05, 3.63) is 69.8 Å². The molecule has 0 aliphatic carbocycles. The Morgan fingerprint density at radius 2 is 2.05 bits per heavy atom. The van der Waals surface area contributed by atoms with Crippen LogP contribution in [-0.2, 0) is 5.41 Å². The molecular weight excluding hydrogens is 307 g/mol. The number of allylic oxidation sites excluding steroid dienone is 1. The lowest BCUT2D eigenvalue weighted by Gasteiger charge is -2.20. The summed E-state index contributed by atoms with van der Waals surface area (Å²) >= 11 is 1.29. The van der Waals surface area contributed by atoms with Crippen LogP contribution < -0.4 is 11.6 Å². The number of hydrogen-bond donors (Lipinski definition) is 1. The van der Waals surface area contributed by atoms with Crippen LogP contribution in [0.2, 0.25) is 0 Å². The van der Waals surface area contributed by atoms with Gasteiger partial charge in [0.05, 0.1) is 5.41 Å². The molecule has 22 heavy (non-hydrogen) atoms. The van der Waals surface area contributed by atoms with Crippen LogP contribution >= 0.6 is 11.8 Å². The molecule has 0 saturated heterocycles. The molecule has 2 N–H and O–H groups in total. The molecular formula is C15H15FN2O3S. The molecule has 0 fully saturated rings. The van der Waals surface area contributed by atoms with E-state index in [1.165, 1.54) is 23.9 Å². The second-order valence-corrected chi connectivity index (χ2v) is 6.05. The lowest BCUT2D eigenvalue weighted by Crippen LogP contribution is -2.26. The fourth-order valence-electron chi connectivity index (χ4n) is 1.55. The van der Waals surface area contributed by atoms with E-state index in [4.69, 9.17) is 10.2 Å². The van der Waals surface area contributed by atoms with Gasteiger partial charge in [0.2, 0.25) is 0 Å². The molecule has 0 unspecified atom stereocenters. The van der Waals surface area contributed by atoms with E-state index in [0.29, 0.717) is 10.6 Å². The molecule has 2 aromatic rings. The predicted molar refractivity (Wildman–Crippen MR) is 83.4 cm³/mol. The second kappa shape index (κ2) is 6.23. The van der Waals surface area contributed by atoms with E-state index in [1.54, 1.807) is 31.4 Å². The molecule has 0 aliphatic rings. The first-order valence-electron chi connectivity index (χ1n) is 6.35. The zero-order valence-electron chi connectivity index (χ0n) is 12.1. The standard InChI is InChI=1S/C15H15FN2O3S/c1-9(10-4-6-11(16)7-5-10)22-8-12(17)15(2,3)13-18-21-14(19)20-13/h4-8H,1,17H2,2-3H3/b12-8-. The Morgan fingerprint density at radius 3 is 2.59 bits per heavy atom. The number of hydrogen-bond acceptors (Lipinski definition) is 6. The second-order valence-electron chi connectivity index (χ2n) is 5.09. The Morgan fingerprint density at radius 1 is 1.41 bits per heavy atom. The highest BCUT2D eigenvalue weighted by Gasteiger charge is 2.31. The molecule has 0 spiro atoms. The van der Waals surface area contributed by atoms with Crippen LogP contribution in [0.1, 0.15) is 25.3 Å². The fourth-order valence-corrected chi connectivity index (χ4v) is 2.38. The summed E-state index contributed by atoms with van der Waals surface area (Å²) in [6, 6.07) is 6.00. The summed E-state index contributed by atoms with van der Waals surface area (Å²) in [7, 11) is 0. The number of halogens is 1. The Labute approximate surface area is 130 Å². The Kier molecular flexibility index (Phi) is 4.56. The molecule has 5 nitrogen and oxygen atoms in total. The average molecular weight is 322 g/mol. The molecule has 1 aromatic carbocycles. The van der Waals surface area contributed by atoms with Crippen LogP contribution in [0.25, 0.3) is 4.91 Å². The maximum Gasteiger partial charge on any atom is 0.542 e. The molecule has 0 aliphatic heterocycles. The minimum atomic E-state index is -0.876. The number of benzene rings is 1. The molecule has 0 saturated carbocycles. The van der Waals surface area contributed by atoms with Gasteiger partial charge in [-0.3, -0.25) is 4.52 Å². The van der Waals surface area contributed by atoms with Gasteiger partial charge >= 0.3 is 5.82 Å². The van der Waals surface area contributed by atoms with Crippen LogP contribution in [0.4, 0.5) is 4.39 Å². The third kappa shape index (κ3) is 3.48. The van der Waals surface area contributed by atoms with Gasteiger partial charge < -0.3 is 10.2 Å². The van der Waals surface area contributed by atoms with E-state index in [1.807, 2.05) is 0 Å². The topological polar surface area (TPSA) is 82.3 Å². The highest BCUT2D eigenvalue weighted by Crippen LogP contribution is 2.32. The van der Waals surface area contributed by atoms with Crippen molar-refractivity contribution in [3.8, 4) is 0 Å². The molecule has 0 bridgehead atoms. The number of thioether (sulfide) groups is 1. The SMILES string of the molecule is C=C(S/C=C(\N)C(C)(C)c1noc(=O)o1)c1ccc(F)cc1. The summed E-state index contributed by atoms with van der Waals surface area (Å²) in [5, 5.41) is 5.24. The largest absolute Gasteiger partial charge is 0.542 e. The molecule has 0 atom stereocenters. The zero-order chi connectivity index (χ0) is 16.3. The first-order valence-corrected chi connectivity index (χ1v) is 7.23. The van der Waals surface area contributed by atoms with Crippen molar-refractivity contribution in [2.24, 2.45) is 5.73 Å². The van der Waals surface area contributed by atoms with Gasteiger partial charge in [0.15, 0.2) is 0 Å². The van der Waals surface area contributed by atoms with Crippen molar-refractivity contribution in [1.82, 2.24) is 5.16 Å². The fraction of sp³-hybridized carbons (Fsp3) is 0.200. The molecule has 7 heteroatoms. The first-order chi connectivity index (χ1) is 10.3. The summed E-state index contributed by atoms with van der Waals surface area (Å²) in [5.74, 6) is -1.09. The highest BCUT2D eigenvalue weighted by atomic mass is 32.2. The number of aromatic nitrogens is 1. The first kappa shape index (κ1) is 16.1. The van der Waals surface area contributed by atoms with Gasteiger partial charge in [0.1, 0.15) is 5.82 Å². The third-order valence-corrected chi connectivity index (χ3v) is 4.03. The van der Waals surface area contributed by atoms with Crippen LogP contribution in [0.5, 0.6) is 0 Å². The van der Waals surface area contributed by atoms with E-state index in [-0.39, 0.29) is 11.7 Å². The van der Waals surface area contributed by atoms with Crippen molar-refractivity contribution >= 4 is 16.7 Å². The van der Waals surface area contributed by atoms with Gasteiger partial charge in [-0.25, -0.2) is 9.18 Å². The molecule has 2 rings (SSSR count). The molecule has 1 aromatic heterocycles. The summed E-state index contributed by atoms with van der Waals surface area (Å²) in [5.41, 5.74) is 6.46. The minimum Gasteiger partial charge on any atom is -0.401 e. The quantitative estimate of drug-likeness (QED) is 0.910. The third-order valence-electron chi connectivity index (χ3n) is 3.13. The number of rotatable bonds is 5. The Balaban J connectivity index is 2.13. The van der Waals surface area contributed by atoms with Crippen molar-refractivity contribution in [2.45, 2.75) is 19.3 Å². The minimum absolute atomic E-state index is 0.0965. The Bertz CT molecular complexity index is 760. The lowest BCUT2D eigenvalue weighted by molar-refractivity contribution is 0.331. The van der Waals surface area contributed by atoms with E-state index in [9.17, 15) is 9.18 Å². The van der Waals surface area contributed by atoms with Gasteiger partial charge in [-0.15, -0.1) is 0 Å². The molecule has 0 radical (unpaired) electrons. The van der Waals surface area contributed by atoms with Gasteiger partial charge in [-0.2, -0.15) is 0 Å². The summed E-state index contributed by atoms with van der Waals surface area (Å²) < 4.78 is 22.1. The number of nitrogens with two attached hydrogens (primary N) is 1. The van der Waals surface area contributed by atoms with Crippen LogP contribution in [-0.4, -0.2) is 5.16 Å². The van der Waals surface area contributed by atoms with Gasteiger partial charge in [-0.05, 0) is 42.1 Å². The van der Waals surface area contributed by atoms with Crippen molar-refractivity contribution in [1.29, 1.82) is 0 Å². The highest BCUT2D eigenvalue weighted by molar-refractivity contribution is 8.10. The monoisotopic (exact) mass is 322 g/mol. The normalized spacial score (nSPS) is 12.4. The summed E-state index contributed by atoms with van der Waals surface area (Å²) in [6.45, 7) is 7.42. The van der Waals surface area contributed by atoms with Gasteiger partial charge in [0, 0.05) is 10.6 Å². The maximum atomic E-state index is 12.9. The molecule has 0 amide bonds. The molecule has 1 heterocycles. The smallest absolute Gasteiger partial charge is 0.401 e. The van der Waals surface area contributed by atoms with E-state index in [2.05, 4.69) is 16.3 Å². The predicted octanol–water partition coefficient (Wildman–Crippen LogP) is 3.25.